The maximum absolute atomic E-state index is 12.1. The molecule has 0 amide bonds. The molecule has 1 fully saturated rings. The number of rotatable bonds is 10. The Labute approximate surface area is 129 Å². The maximum atomic E-state index is 12.1. The summed E-state index contributed by atoms with van der Waals surface area (Å²) >= 11 is 0. The standard InChI is InChI=1S/C18H30O3/c1-3-4-5-6-7-8-9-10-13-20-18(19)17-14(2)15-11-12-16(17)21-15/h11-12,14-17H,3-10,13H2,1-2H3. The van der Waals surface area contributed by atoms with Crippen LogP contribution in [-0.2, 0) is 14.3 Å². The van der Waals surface area contributed by atoms with Crippen molar-refractivity contribution in [1.82, 2.24) is 0 Å². The summed E-state index contributed by atoms with van der Waals surface area (Å²) < 4.78 is 11.1. The summed E-state index contributed by atoms with van der Waals surface area (Å²) in [6.45, 7) is 4.89. The van der Waals surface area contributed by atoms with Crippen molar-refractivity contribution in [3.05, 3.63) is 12.2 Å². The van der Waals surface area contributed by atoms with Crippen LogP contribution >= 0.6 is 0 Å². The Kier molecular flexibility index (Phi) is 6.75. The lowest BCUT2D eigenvalue weighted by atomic mass is 9.84. The Bertz CT molecular complexity index is 350. The molecule has 4 atom stereocenters. The lowest BCUT2D eigenvalue weighted by molar-refractivity contribution is -0.150. The number of hydrogen-bond donors (Lipinski definition) is 0. The molecule has 0 spiro atoms. The molecule has 3 nitrogen and oxygen atoms in total. The lowest BCUT2D eigenvalue weighted by Gasteiger charge is -2.19. The van der Waals surface area contributed by atoms with Crippen molar-refractivity contribution >= 4 is 5.97 Å². The van der Waals surface area contributed by atoms with Crippen LogP contribution in [0.15, 0.2) is 12.2 Å². The molecule has 2 rings (SSSR count). The quantitative estimate of drug-likeness (QED) is 0.343. The number of esters is 1. The molecule has 4 unspecified atom stereocenters. The van der Waals surface area contributed by atoms with E-state index in [2.05, 4.69) is 19.9 Å². The minimum Gasteiger partial charge on any atom is -0.465 e. The Balaban J connectivity index is 1.49. The second-order valence-electron chi connectivity index (χ2n) is 6.48. The zero-order valence-corrected chi connectivity index (χ0v) is 13.6. The summed E-state index contributed by atoms with van der Waals surface area (Å²) in [4.78, 5) is 12.1. The van der Waals surface area contributed by atoms with E-state index in [1.54, 1.807) is 0 Å². The molecule has 2 aliphatic rings. The fraction of sp³-hybridized carbons (Fsp3) is 0.833. The van der Waals surface area contributed by atoms with Crippen LogP contribution in [0.5, 0.6) is 0 Å². The third-order valence-electron chi connectivity index (χ3n) is 4.76. The number of fused-ring (bicyclic) bond motifs is 2. The molecule has 1 saturated heterocycles. The summed E-state index contributed by atoms with van der Waals surface area (Å²) in [5, 5.41) is 0. The molecule has 21 heavy (non-hydrogen) atoms. The van der Waals surface area contributed by atoms with Gasteiger partial charge in [-0.25, -0.2) is 0 Å². The molecule has 2 aliphatic heterocycles. The fourth-order valence-electron chi connectivity index (χ4n) is 3.35. The van der Waals surface area contributed by atoms with Crippen molar-refractivity contribution < 1.29 is 14.3 Å². The molecule has 0 aliphatic carbocycles. The topological polar surface area (TPSA) is 35.5 Å². The van der Waals surface area contributed by atoms with Crippen LogP contribution in [0, 0.1) is 11.8 Å². The highest BCUT2D eigenvalue weighted by Gasteiger charge is 2.47. The smallest absolute Gasteiger partial charge is 0.312 e. The summed E-state index contributed by atoms with van der Waals surface area (Å²) in [5.74, 6) is 0.0994. The van der Waals surface area contributed by atoms with Gasteiger partial charge in [0.1, 0.15) is 0 Å². The van der Waals surface area contributed by atoms with E-state index in [9.17, 15) is 4.79 Å². The zero-order chi connectivity index (χ0) is 15.1. The predicted octanol–water partition coefficient (Wildman–Crippen LogP) is 4.26. The monoisotopic (exact) mass is 294 g/mol. The first-order valence-corrected chi connectivity index (χ1v) is 8.74. The Morgan fingerprint density at radius 1 is 1.00 bits per heavy atom. The molecular weight excluding hydrogens is 264 g/mol. The van der Waals surface area contributed by atoms with E-state index in [0.29, 0.717) is 6.61 Å². The van der Waals surface area contributed by atoms with Crippen LogP contribution in [0.2, 0.25) is 0 Å². The molecule has 0 aromatic carbocycles. The molecule has 0 aromatic heterocycles. The minimum absolute atomic E-state index is 0.0453. The van der Waals surface area contributed by atoms with Crippen molar-refractivity contribution in [2.75, 3.05) is 6.61 Å². The highest BCUT2D eigenvalue weighted by atomic mass is 16.5. The van der Waals surface area contributed by atoms with Crippen molar-refractivity contribution in [2.24, 2.45) is 11.8 Å². The van der Waals surface area contributed by atoms with Gasteiger partial charge in [-0.1, -0.05) is 70.9 Å². The first-order valence-electron chi connectivity index (χ1n) is 8.74. The Morgan fingerprint density at radius 3 is 2.24 bits per heavy atom. The highest BCUT2D eigenvalue weighted by molar-refractivity contribution is 5.75. The van der Waals surface area contributed by atoms with E-state index in [0.717, 1.165) is 6.42 Å². The molecular formula is C18H30O3. The average molecular weight is 294 g/mol. The molecule has 0 radical (unpaired) electrons. The number of unbranched alkanes of at least 4 members (excludes halogenated alkanes) is 7. The minimum atomic E-state index is -0.0888. The van der Waals surface area contributed by atoms with Crippen molar-refractivity contribution in [3.63, 3.8) is 0 Å². The maximum Gasteiger partial charge on any atom is 0.312 e. The van der Waals surface area contributed by atoms with Crippen LogP contribution in [0.1, 0.15) is 65.2 Å². The molecule has 0 aromatic rings. The summed E-state index contributed by atoms with van der Waals surface area (Å²) in [6, 6.07) is 0. The van der Waals surface area contributed by atoms with E-state index in [1.165, 1.54) is 44.9 Å². The second-order valence-corrected chi connectivity index (χ2v) is 6.48. The van der Waals surface area contributed by atoms with Crippen LogP contribution in [0.25, 0.3) is 0 Å². The SMILES string of the molecule is CCCCCCCCCCOC(=O)C1C2C=CC(O2)C1C. The van der Waals surface area contributed by atoms with Gasteiger partial charge >= 0.3 is 5.97 Å². The van der Waals surface area contributed by atoms with Gasteiger partial charge in [-0.2, -0.15) is 0 Å². The molecule has 2 heterocycles. The van der Waals surface area contributed by atoms with Crippen LogP contribution in [0.4, 0.5) is 0 Å². The zero-order valence-electron chi connectivity index (χ0n) is 13.6. The van der Waals surface area contributed by atoms with E-state index in [4.69, 9.17) is 9.47 Å². The summed E-state index contributed by atoms with van der Waals surface area (Å²) in [7, 11) is 0. The van der Waals surface area contributed by atoms with Crippen molar-refractivity contribution in [3.8, 4) is 0 Å². The van der Waals surface area contributed by atoms with Gasteiger partial charge < -0.3 is 9.47 Å². The van der Waals surface area contributed by atoms with E-state index in [1.807, 2.05) is 6.08 Å². The molecule has 3 heteroatoms. The van der Waals surface area contributed by atoms with Gasteiger partial charge in [-0.05, 0) is 6.42 Å². The normalized spacial score (nSPS) is 30.0. The average Bonchev–Trinajstić information content (AvgIpc) is 3.06. The predicted molar refractivity (Wildman–Crippen MR) is 84.0 cm³/mol. The fourth-order valence-corrected chi connectivity index (χ4v) is 3.35. The summed E-state index contributed by atoms with van der Waals surface area (Å²) in [6.07, 6.45) is 14.3. The van der Waals surface area contributed by atoms with Gasteiger partial charge in [0.05, 0.1) is 24.7 Å². The summed E-state index contributed by atoms with van der Waals surface area (Å²) in [5.41, 5.74) is 0. The molecule has 0 N–H and O–H groups in total. The van der Waals surface area contributed by atoms with Crippen molar-refractivity contribution in [1.29, 1.82) is 0 Å². The first kappa shape index (κ1) is 16.5. The van der Waals surface area contributed by atoms with Gasteiger partial charge in [0, 0.05) is 5.92 Å². The van der Waals surface area contributed by atoms with Gasteiger partial charge in [0.15, 0.2) is 0 Å². The molecule has 0 saturated carbocycles. The van der Waals surface area contributed by atoms with Crippen LogP contribution in [0.3, 0.4) is 0 Å². The van der Waals surface area contributed by atoms with Gasteiger partial charge in [0.25, 0.3) is 0 Å². The first-order chi connectivity index (χ1) is 10.2. The Morgan fingerprint density at radius 2 is 1.62 bits per heavy atom. The largest absolute Gasteiger partial charge is 0.465 e. The number of hydrogen-bond acceptors (Lipinski definition) is 3. The molecule has 120 valence electrons. The molecule has 2 bridgehead atoms. The second kappa shape index (κ2) is 8.57. The third-order valence-corrected chi connectivity index (χ3v) is 4.76. The van der Waals surface area contributed by atoms with Crippen LogP contribution < -0.4 is 0 Å². The van der Waals surface area contributed by atoms with Crippen LogP contribution in [-0.4, -0.2) is 24.8 Å². The van der Waals surface area contributed by atoms with Gasteiger partial charge in [-0.3, -0.25) is 4.79 Å². The van der Waals surface area contributed by atoms with Gasteiger partial charge in [-0.15, -0.1) is 0 Å². The number of ether oxygens (including phenoxy) is 2. The van der Waals surface area contributed by atoms with E-state index < -0.39 is 0 Å². The highest BCUT2D eigenvalue weighted by Crippen LogP contribution is 2.39. The van der Waals surface area contributed by atoms with E-state index in [-0.39, 0.29) is 30.0 Å². The third kappa shape index (κ3) is 4.57. The number of carbonyl (C=O) groups excluding carboxylic acids is 1. The lowest BCUT2D eigenvalue weighted by Crippen LogP contribution is -2.31. The number of carbonyl (C=O) groups is 1. The Hall–Kier alpha value is -0.830. The van der Waals surface area contributed by atoms with Gasteiger partial charge in [0.2, 0.25) is 0 Å². The van der Waals surface area contributed by atoms with Crippen molar-refractivity contribution in [2.45, 2.75) is 77.4 Å². The van der Waals surface area contributed by atoms with E-state index >= 15 is 0 Å².